The number of nitrogens with zero attached hydrogens (tertiary/aromatic N) is 1. The van der Waals surface area contributed by atoms with E-state index in [0.717, 1.165) is 5.56 Å². The van der Waals surface area contributed by atoms with E-state index >= 15 is 0 Å². The molecular formula is C13H13ClN2O2. The molecule has 0 aromatic heterocycles. The summed E-state index contributed by atoms with van der Waals surface area (Å²) in [6.45, 7) is 3.80. The van der Waals surface area contributed by atoms with E-state index in [-0.39, 0.29) is 12.2 Å². The average molecular weight is 265 g/mol. The molecule has 1 aromatic carbocycles. The summed E-state index contributed by atoms with van der Waals surface area (Å²) in [6, 6.07) is 7.14. The Labute approximate surface area is 111 Å². The van der Waals surface area contributed by atoms with Crippen molar-refractivity contribution in [3.05, 3.63) is 40.6 Å². The van der Waals surface area contributed by atoms with Gasteiger partial charge in [0.25, 0.3) is 0 Å². The van der Waals surface area contributed by atoms with Gasteiger partial charge in [0, 0.05) is 16.9 Å². The lowest BCUT2D eigenvalue weighted by Crippen LogP contribution is -2.07. The van der Waals surface area contributed by atoms with Gasteiger partial charge < -0.3 is 10.1 Å². The zero-order valence-corrected chi connectivity index (χ0v) is 10.9. The summed E-state index contributed by atoms with van der Waals surface area (Å²) in [5, 5.41) is 12.3. The number of ether oxygens (including phenoxy) is 1. The van der Waals surface area contributed by atoms with Crippen molar-refractivity contribution in [2.24, 2.45) is 0 Å². The van der Waals surface area contributed by atoms with Gasteiger partial charge in [-0.1, -0.05) is 17.7 Å². The molecule has 0 saturated carbocycles. The molecule has 0 radical (unpaired) electrons. The van der Waals surface area contributed by atoms with Gasteiger partial charge >= 0.3 is 5.97 Å². The van der Waals surface area contributed by atoms with E-state index in [9.17, 15) is 4.79 Å². The maximum atomic E-state index is 11.3. The van der Waals surface area contributed by atoms with E-state index < -0.39 is 5.97 Å². The molecule has 1 rings (SSSR count). The number of benzene rings is 1. The molecule has 18 heavy (non-hydrogen) atoms. The lowest BCUT2D eigenvalue weighted by molar-refractivity contribution is -0.138. The number of rotatable bonds is 4. The molecule has 1 aromatic rings. The molecule has 0 heterocycles. The van der Waals surface area contributed by atoms with E-state index in [2.05, 4.69) is 5.32 Å². The van der Waals surface area contributed by atoms with Gasteiger partial charge in [0.15, 0.2) is 5.57 Å². The molecule has 94 valence electrons. The third kappa shape index (κ3) is 3.79. The van der Waals surface area contributed by atoms with Gasteiger partial charge in [-0.25, -0.2) is 4.79 Å². The normalized spacial score (nSPS) is 10.7. The Kier molecular flexibility index (Phi) is 5.22. The molecule has 0 fully saturated rings. The Hall–Kier alpha value is -1.99. The molecule has 0 bridgehead atoms. The molecule has 0 saturated heterocycles. The molecule has 4 nitrogen and oxygen atoms in total. The molecule has 0 unspecified atom stereocenters. The van der Waals surface area contributed by atoms with Crippen LogP contribution < -0.4 is 5.32 Å². The smallest absolute Gasteiger partial charge is 0.350 e. The van der Waals surface area contributed by atoms with Crippen molar-refractivity contribution in [2.45, 2.75) is 13.8 Å². The molecular weight excluding hydrogens is 252 g/mol. The Morgan fingerprint density at radius 3 is 2.89 bits per heavy atom. The fourth-order valence-electron chi connectivity index (χ4n) is 1.18. The maximum absolute atomic E-state index is 11.3. The zero-order chi connectivity index (χ0) is 13.5. The Bertz CT molecular complexity index is 518. The number of halogens is 1. The number of esters is 1. The highest BCUT2D eigenvalue weighted by atomic mass is 35.5. The van der Waals surface area contributed by atoms with E-state index in [1.807, 2.05) is 13.0 Å². The van der Waals surface area contributed by atoms with Gasteiger partial charge in [0.1, 0.15) is 6.07 Å². The monoisotopic (exact) mass is 264 g/mol. The fourth-order valence-corrected chi connectivity index (χ4v) is 1.36. The van der Waals surface area contributed by atoms with E-state index in [1.165, 1.54) is 6.20 Å². The van der Waals surface area contributed by atoms with Crippen LogP contribution in [0.3, 0.4) is 0 Å². The minimum atomic E-state index is -0.647. The van der Waals surface area contributed by atoms with Crippen molar-refractivity contribution in [1.29, 1.82) is 5.26 Å². The number of carbonyl (C=O) groups is 1. The Morgan fingerprint density at radius 2 is 2.33 bits per heavy atom. The van der Waals surface area contributed by atoms with Crippen molar-refractivity contribution < 1.29 is 9.53 Å². The summed E-state index contributed by atoms with van der Waals surface area (Å²) in [6.07, 6.45) is 1.30. The highest BCUT2D eigenvalue weighted by molar-refractivity contribution is 6.31. The van der Waals surface area contributed by atoms with Crippen molar-refractivity contribution in [2.75, 3.05) is 11.9 Å². The quantitative estimate of drug-likeness (QED) is 0.516. The molecule has 5 heteroatoms. The number of hydrogen-bond donors (Lipinski definition) is 1. The molecule has 0 aliphatic rings. The van der Waals surface area contributed by atoms with E-state index in [4.69, 9.17) is 21.6 Å². The summed E-state index contributed by atoms with van der Waals surface area (Å²) in [4.78, 5) is 11.3. The van der Waals surface area contributed by atoms with Gasteiger partial charge in [-0.2, -0.15) is 5.26 Å². The fraction of sp³-hybridized carbons (Fsp3) is 0.231. The molecule has 0 aliphatic carbocycles. The number of nitrogens with one attached hydrogen (secondary N) is 1. The highest BCUT2D eigenvalue weighted by Crippen LogP contribution is 2.20. The van der Waals surface area contributed by atoms with Crippen molar-refractivity contribution >= 4 is 23.3 Å². The van der Waals surface area contributed by atoms with Crippen LogP contribution in [0.4, 0.5) is 5.69 Å². The lowest BCUT2D eigenvalue weighted by atomic mass is 10.2. The molecule has 0 amide bonds. The van der Waals surface area contributed by atoms with Crippen LogP contribution in [-0.2, 0) is 9.53 Å². The minimum Gasteiger partial charge on any atom is -0.462 e. The van der Waals surface area contributed by atoms with Crippen LogP contribution in [0.15, 0.2) is 30.0 Å². The first-order chi connectivity index (χ1) is 8.58. The SMILES string of the molecule is CCOC(=O)/C(C#N)=C/Nc1ccc(C)c(Cl)c1. The van der Waals surface area contributed by atoms with Crippen LogP contribution in [0, 0.1) is 18.3 Å². The summed E-state index contributed by atoms with van der Waals surface area (Å²) < 4.78 is 4.73. The first kappa shape index (κ1) is 14.1. The van der Waals surface area contributed by atoms with Crippen molar-refractivity contribution in [3.8, 4) is 6.07 Å². The van der Waals surface area contributed by atoms with E-state index in [1.54, 1.807) is 25.1 Å². The second-order valence-corrected chi connectivity index (χ2v) is 3.91. The van der Waals surface area contributed by atoms with Gasteiger partial charge in [-0.05, 0) is 31.5 Å². The second kappa shape index (κ2) is 6.67. The average Bonchev–Trinajstić information content (AvgIpc) is 2.34. The number of aryl methyl sites for hydroxylation is 1. The number of nitriles is 1. The van der Waals surface area contributed by atoms with E-state index in [0.29, 0.717) is 10.7 Å². The van der Waals surface area contributed by atoms with Gasteiger partial charge in [0.2, 0.25) is 0 Å². The van der Waals surface area contributed by atoms with Gasteiger partial charge in [0.05, 0.1) is 6.61 Å². The number of anilines is 1. The molecule has 0 aliphatic heterocycles. The number of hydrogen-bond acceptors (Lipinski definition) is 4. The first-order valence-electron chi connectivity index (χ1n) is 5.38. The third-order valence-corrected chi connectivity index (χ3v) is 2.58. The molecule has 0 spiro atoms. The predicted molar refractivity (Wildman–Crippen MR) is 70.1 cm³/mol. The second-order valence-electron chi connectivity index (χ2n) is 3.50. The highest BCUT2D eigenvalue weighted by Gasteiger charge is 2.09. The summed E-state index contributed by atoms with van der Waals surface area (Å²) in [5.41, 5.74) is 1.56. The molecule has 0 atom stereocenters. The minimum absolute atomic E-state index is 0.0893. The van der Waals surface area contributed by atoms with Crippen LogP contribution in [-0.4, -0.2) is 12.6 Å². The first-order valence-corrected chi connectivity index (χ1v) is 5.76. The van der Waals surface area contributed by atoms with Crippen LogP contribution in [0.2, 0.25) is 5.02 Å². The molecule has 1 N–H and O–H groups in total. The maximum Gasteiger partial charge on any atom is 0.350 e. The van der Waals surface area contributed by atoms with Crippen LogP contribution in [0.25, 0.3) is 0 Å². The predicted octanol–water partition coefficient (Wildman–Crippen LogP) is 3.03. The van der Waals surface area contributed by atoms with Crippen LogP contribution in [0.5, 0.6) is 0 Å². The van der Waals surface area contributed by atoms with Gasteiger partial charge in [-0.15, -0.1) is 0 Å². The largest absolute Gasteiger partial charge is 0.462 e. The summed E-state index contributed by atoms with van der Waals surface area (Å²) in [5.74, 6) is -0.647. The van der Waals surface area contributed by atoms with Crippen LogP contribution >= 0.6 is 11.6 Å². The van der Waals surface area contributed by atoms with Crippen LogP contribution in [0.1, 0.15) is 12.5 Å². The topological polar surface area (TPSA) is 62.1 Å². The zero-order valence-electron chi connectivity index (χ0n) is 10.2. The number of carbonyl (C=O) groups excluding carboxylic acids is 1. The third-order valence-electron chi connectivity index (χ3n) is 2.17. The van der Waals surface area contributed by atoms with Crippen molar-refractivity contribution in [1.82, 2.24) is 0 Å². The Morgan fingerprint density at radius 1 is 1.61 bits per heavy atom. The van der Waals surface area contributed by atoms with Gasteiger partial charge in [-0.3, -0.25) is 0 Å². The summed E-state index contributed by atoms with van der Waals surface area (Å²) >= 11 is 5.96. The summed E-state index contributed by atoms with van der Waals surface area (Å²) in [7, 11) is 0. The standard InChI is InChI=1S/C13H13ClN2O2/c1-3-18-13(17)10(7-15)8-16-11-5-4-9(2)12(14)6-11/h4-6,8,16H,3H2,1-2H3/b10-8+. The van der Waals surface area contributed by atoms with Crippen molar-refractivity contribution in [3.63, 3.8) is 0 Å². The lowest BCUT2D eigenvalue weighted by Gasteiger charge is -2.04. The Balaban J connectivity index is 2.80.